The number of nitrogens with zero attached hydrogens (tertiary/aromatic N) is 1. The molecule has 0 aromatic carbocycles. The highest BCUT2D eigenvalue weighted by Gasteiger charge is 2.29. The molecule has 1 aliphatic heterocycles. The maximum atomic E-state index is 11.3. The van der Waals surface area contributed by atoms with E-state index in [1.165, 1.54) is 0 Å². The van der Waals surface area contributed by atoms with Crippen molar-refractivity contribution in [2.75, 3.05) is 25.1 Å². The summed E-state index contributed by atoms with van der Waals surface area (Å²) in [6.45, 7) is 4.76. The van der Waals surface area contributed by atoms with E-state index in [4.69, 9.17) is 0 Å². The summed E-state index contributed by atoms with van der Waals surface area (Å²) < 4.78 is 22.5. The lowest BCUT2D eigenvalue weighted by Crippen LogP contribution is -2.32. The molecule has 0 amide bonds. The maximum Gasteiger partial charge on any atom is 0.151 e. The molecule has 1 fully saturated rings. The SMILES string of the molecule is CC(C)C#CCN(C)C1CCS(=O)(=O)C1. The van der Waals surface area contributed by atoms with Crippen molar-refractivity contribution < 1.29 is 8.42 Å². The molecule has 0 saturated carbocycles. The fraction of sp³-hybridized carbons (Fsp3) is 0.818. The van der Waals surface area contributed by atoms with Crippen molar-refractivity contribution in [3.05, 3.63) is 0 Å². The van der Waals surface area contributed by atoms with E-state index in [9.17, 15) is 8.42 Å². The lowest BCUT2D eigenvalue weighted by atomic mass is 10.2. The van der Waals surface area contributed by atoms with Gasteiger partial charge in [-0.3, -0.25) is 4.90 Å². The summed E-state index contributed by atoms with van der Waals surface area (Å²) in [4.78, 5) is 2.04. The summed E-state index contributed by atoms with van der Waals surface area (Å²) in [6.07, 6.45) is 0.752. The van der Waals surface area contributed by atoms with Gasteiger partial charge < -0.3 is 0 Å². The Morgan fingerprint density at radius 2 is 2.13 bits per heavy atom. The van der Waals surface area contributed by atoms with Gasteiger partial charge in [0, 0.05) is 12.0 Å². The lowest BCUT2D eigenvalue weighted by molar-refractivity contribution is 0.293. The van der Waals surface area contributed by atoms with Crippen LogP contribution < -0.4 is 0 Å². The Morgan fingerprint density at radius 1 is 1.47 bits per heavy atom. The molecule has 1 heterocycles. The van der Waals surface area contributed by atoms with E-state index in [1.54, 1.807) is 0 Å². The largest absolute Gasteiger partial charge is 0.291 e. The molecule has 86 valence electrons. The molecule has 0 aromatic heterocycles. The van der Waals surface area contributed by atoms with E-state index in [0.29, 0.717) is 24.0 Å². The fourth-order valence-corrected chi connectivity index (χ4v) is 3.43. The molecule has 1 rings (SSSR count). The Morgan fingerprint density at radius 3 is 2.60 bits per heavy atom. The summed E-state index contributed by atoms with van der Waals surface area (Å²) in [5, 5.41) is 0. The second kappa shape index (κ2) is 5.00. The highest BCUT2D eigenvalue weighted by Crippen LogP contribution is 2.15. The van der Waals surface area contributed by atoms with Crippen molar-refractivity contribution in [1.29, 1.82) is 0 Å². The first kappa shape index (κ1) is 12.5. The summed E-state index contributed by atoms with van der Waals surface area (Å²) in [5.41, 5.74) is 0. The minimum atomic E-state index is -2.77. The third-order valence-electron chi connectivity index (χ3n) is 2.55. The van der Waals surface area contributed by atoms with E-state index in [1.807, 2.05) is 25.8 Å². The molecule has 0 spiro atoms. The Labute approximate surface area is 92.8 Å². The second-order valence-corrected chi connectivity index (χ2v) is 6.68. The molecule has 0 aliphatic carbocycles. The topological polar surface area (TPSA) is 37.4 Å². The molecule has 3 nitrogen and oxygen atoms in total. The molecule has 0 N–H and O–H groups in total. The van der Waals surface area contributed by atoms with Gasteiger partial charge in [-0.1, -0.05) is 25.7 Å². The van der Waals surface area contributed by atoms with Gasteiger partial charge in [0.1, 0.15) is 0 Å². The first-order valence-corrected chi connectivity index (χ1v) is 7.12. The third-order valence-corrected chi connectivity index (χ3v) is 4.30. The van der Waals surface area contributed by atoms with Crippen LogP contribution in [0.2, 0.25) is 0 Å². The van der Waals surface area contributed by atoms with Gasteiger partial charge in [-0.25, -0.2) is 8.42 Å². The summed E-state index contributed by atoms with van der Waals surface area (Å²) >= 11 is 0. The van der Waals surface area contributed by atoms with Gasteiger partial charge in [-0.15, -0.1) is 0 Å². The van der Waals surface area contributed by atoms with Gasteiger partial charge in [0.25, 0.3) is 0 Å². The molecule has 1 aliphatic rings. The lowest BCUT2D eigenvalue weighted by Gasteiger charge is -2.19. The van der Waals surface area contributed by atoms with Gasteiger partial charge in [-0.2, -0.15) is 0 Å². The van der Waals surface area contributed by atoms with E-state index in [0.717, 1.165) is 6.42 Å². The monoisotopic (exact) mass is 229 g/mol. The van der Waals surface area contributed by atoms with Crippen LogP contribution in [0, 0.1) is 17.8 Å². The number of hydrogen-bond acceptors (Lipinski definition) is 3. The molecule has 1 saturated heterocycles. The van der Waals surface area contributed by atoms with E-state index >= 15 is 0 Å². The average Bonchev–Trinajstić information content (AvgIpc) is 2.45. The number of sulfone groups is 1. The maximum absolute atomic E-state index is 11.3. The van der Waals surface area contributed by atoms with Crippen LogP contribution >= 0.6 is 0 Å². The van der Waals surface area contributed by atoms with Gasteiger partial charge in [0.15, 0.2) is 9.84 Å². The van der Waals surface area contributed by atoms with E-state index in [-0.39, 0.29) is 6.04 Å². The molecule has 15 heavy (non-hydrogen) atoms. The van der Waals surface area contributed by atoms with Crippen LogP contribution in [0.4, 0.5) is 0 Å². The minimum Gasteiger partial charge on any atom is -0.291 e. The predicted molar refractivity (Wildman–Crippen MR) is 62.3 cm³/mol. The van der Waals surface area contributed by atoms with Crippen LogP contribution in [0.1, 0.15) is 20.3 Å². The zero-order chi connectivity index (χ0) is 11.5. The summed E-state index contributed by atoms with van der Waals surface area (Å²) in [7, 11) is -0.827. The molecule has 0 aromatic rings. The summed E-state index contributed by atoms with van der Waals surface area (Å²) in [5.74, 6) is 7.16. The van der Waals surface area contributed by atoms with Crippen LogP contribution in [-0.4, -0.2) is 44.5 Å². The van der Waals surface area contributed by atoms with Gasteiger partial charge in [-0.05, 0) is 13.5 Å². The molecular formula is C11H19NO2S. The highest BCUT2D eigenvalue weighted by atomic mass is 32.2. The van der Waals surface area contributed by atoms with Crippen LogP contribution in [0.15, 0.2) is 0 Å². The zero-order valence-electron chi connectivity index (χ0n) is 9.66. The predicted octanol–water partition coefficient (Wildman–Crippen LogP) is 0.765. The number of hydrogen-bond donors (Lipinski definition) is 0. The molecule has 1 unspecified atom stereocenters. The fourth-order valence-electron chi connectivity index (χ4n) is 1.63. The normalized spacial score (nSPS) is 24.2. The standard InChI is InChI=1S/C11H19NO2S/c1-10(2)5-4-7-12(3)11-6-8-15(13,14)9-11/h10-11H,6-9H2,1-3H3. The Kier molecular flexibility index (Phi) is 4.18. The van der Waals surface area contributed by atoms with Crippen molar-refractivity contribution in [3.63, 3.8) is 0 Å². The second-order valence-electron chi connectivity index (χ2n) is 4.45. The summed E-state index contributed by atoms with van der Waals surface area (Å²) in [6, 6.07) is 0.163. The van der Waals surface area contributed by atoms with Gasteiger partial charge in [0.2, 0.25) is 0 Å². The van der Waals surface area contributed by atoms with Crippen molar-refractivity contribution >= 4 is 9.84 Å². The van der Waals surface area contributed by atoms with Crippen LogP contribution in [0.25, 0.3) is 0 Å². The average molecular weight is 229 g/mol. The molecular weight excluding hydrogens is 210 g/mol. The molecule has 4 heteroatoms. The Balaban J connectivity index is 2.43. The highest BCUT2D eigenvalue weighted by molar-refractivity contribution is 7.91. The van der Waals surface area contributed by atoms with Crippen molar-refractivity contribution in [2.45, 2.75) is 26.3 Å². The zero-order valence-corrected chi connectivity index (χ0v) is 10.5. The first-order chi connectivity index (χ1) is 6.91. The number of rotatable bonds is 2. The van der Waals surface area contributed by atoms with Crippen molar-refractivity contribution in [2.24, 2.45) is 5.92 Å². The van der Waals surface area contributed by atoms with Crippen LogP contribution in [0.5, 0.6) is 0 Å². The quantitative estimate of drug-likeness (QED) is 0.656. The van der Waals surface area contributed by atoms with E-state index in [2.05, 4.69) is 11.8 Å². The van der Waals surface area contributed by atoms with Crippen LogP contribution in [0.3, 0.4) is 0 Å². The molecule has 1 atom stereocenters. The van der Waals surface area contributed by atoms with Gasteiger partial charge in [0.05, 0.1) is 18.1 Å². The minimum absolute atomic E-state index is 0.163. The van der Waals surface area contributed by atoms with Crippen molar-refractivity contribution in [3.8, 4) is 11.8 Å². The van der Waals surface area contributed by atoms with Crippen molar-refractivity contribution in [1.82, 2.24) is 4.90 Å². The molecule has 0 radical (unpaired) electrons. The van der Waals surface area contributed by atoms with E-state index < -0.39 is 9.84 Å². The third kappa shape index (κ3) is 4.23. The molecule has 0 bridgehead atoms. The van der Waals surface area contributed by atoms with Crippen LogP contribution in [-0.2, 0) is 9.84 Å². The first-order valence-electron chi connectivity index (χ1n) is 5.30. The van der Waals surface area contributed by atoms with Gasteiger partial charge >= 0.3 is 0 Å². The Hall–Kier alpha value is -0.530. The Bertz CT molecular complexity index is 362. The smallest absolute Gasteiger partial charge is 0.151 e.